The van der Waals surface area contributed by atoms with E-state index in [1.54, 1.807) is 35.5 Å². The predicted molar refractivity (Wildman–Crippen MR) is 113 cm³/mol. The first kappa shape index (κ1) is 20.1. The van der Waals surface area contributed by atoms with Crippen LogP contribution in [0.2, 0.25) is 0 Å². The first-order valence-corrected chi connectivity index (χ1v) is 11.1. The Hall–Kier alpha value is -2.61. The number of fused-ring (bicyclic) bond motifs is 1. The maximum Gasteiger partial charge on any atom is 0.253 e. The summed E-state index contributed by atoms with van der Waals surface area (Å²) in [5.74, 6) is 0. The number of rotatable bonds is 6. The molecule has 0 atom stereocenters. The SMILES string of the molecule is CCCCc1nn(C)c2c(NS(C)(=O)=O)cc(-c3cc(C)c(=O)n(C)c3)cc12. The summed E-state index contributed by atoms with van der Waals surface area (Å²) in [5.41, 5.74) is 4.45. The molecule has 2 heterocycles. The molecule has 1 N–H and O–H groups in total. The molecule has 8 heteroatoms. The zero-order valence-corrected chi connectivity index (χ0v) is 17.7. The van der Waals surface area contributed by atoms with E-state index in [9.17, 15) is 13.2 Å². The van der Waals surface area contributed by atoms with E-state index in [0.717, 1.165) is 53.2 Å². The third kappa shape index (κ3) is 3.96. The summed E-state index contributed by atoms with van der Waals surface area (Å²) in [4.78, 5) is 12.1. The second kappa shape index (κ2) is 7.43. The van der Waals surface area contributed by atoms with Crippen LogP contribution in [0.1, 0.15) is 31.0 Å². The van der Waals surface area contributed by atoms with Crippen LogP contribution in [0.4, 0.5) is 5.69 Å². The number of aromatic nitrogens is 3. The van der Waals surface area contributed by atoms with Gasteiger partial charge in [0.1, 0.15) is 0 Å². The molecule has 0 aliphatic heterocycles. The van der Waals surface area contributed by atoms with Crippen LogP contribution < -0.4 is 10.3 Å². The fraction of sp³-hybridized carbons (Fsp3) is 0.400. The van der Waals surface area contributed by atoms with Crippen molar-refractivity contribution in [3.8, 4) is 11.1 Å². The number of nitrogens with zero attached hydrogens (tertiary/aromatic N) is 3. The van der Waals surface area contributed by atoms with E-state index < -0.39 is 10.0 Å². The number of sulfonamides is 1. The van der Waals surface area contributed by atoms with Gasteiger partial charge in [-0.3, -0.25) is 14.2 Å². The van der Waals surface area contributed by atoms with Gasteiger partial charge in [0.15, 0.2) is 0 Å². The average Bonchev–Trinajstić information content (AvgIpc) is 2.92. The number of benzene rings is 1. The molecule has 28 heavy (non-hydrogen) atoms. The Labute approximate surface area is 165 Å². The number of nitrogens with one attached hydrogen (secondary N) is 1. The Kier molecular flexibility index (Phi) is 5.34. The van der Waals surface area contributed by atoms with Crippen molar-refractivity contribution in [1.29, 1.82) is 0 Å². The molecule has 0 aliphatic carbocycles. The van der Waals surface area contributed by atoms with Gasteiger partial charge in [-0.2, -0.15) is 5.10 Å². The van der Waals surface area contributed by atoms with E-state index in [-0.39, 0.29) is 5.56 Å². The van der Waals surface area contributed by atoms with Crippen molar-refractivity contribution < 1.29 is 8.42 Å². The van der Waals surface area contributed by atoms with Crippen molar-refractivity contribution in [3.63, 3.8) is 0 Å². The van der Waals surface area contributed by atoms with Gasteiger partial charge in [-0.15, -0.1) is 0 Å². The lowest BCUT2D eigenvalue weighted by Gasteiger charge is -2.12. The summed E-state index contributed by atoms with van der Waals surface area (Å²) in [6.45, 7) is 3.90. The fourth-order valence-electron chi connectivity index (χ4n) is 3.50. The fourth-order valence-corrected chi connectivity index (χ4v) is 4.05. The maximum absolute atomic E-state index is 12.1. The van der Waals surface area contributed by atoms with Gasteiger partial charge in [-0.1, -0.05) is 13.3 Å². The summed E-state index contributed by atoms with van der Waals surface area (Å²) in [6.07, 6.45) is 5.78. The molecule has 0 spiro atoms. The van der Waals surface area contributed by atoms with E-state index in [1.807, 2.05) is 19.2 Å². The van der Waals surface area contributed by atoms with Gasteiger partial charge in [-0.05, 0) is 49.1 Å². The summed E-state index contributed by atoms with van der Waals surface area (Å²) in [7, 11) is 0.0714. The summed E-state index contributed by atoms with van der Waals surface area (Å²) < 4.78 is 29.8. The highest BCUT2D eigenvalue weighted by molar-refractivity contribution is 7.92. The van der Waals surface area contributed by atoms with Crippen molar-refractivity contribution in [3.05, 3.63) is 46.0 Å². The molecule has 0 saturated carbocycles. The Balaban J connectivity index is 2.30. The standard InChI is InChI=1S/C20H26N4O3S/c1-6-7-8-17-16-10-14(15-9-13(2)20(25)23(3)12-15)11-18(22-28(5,26)27)19(16)24(4)21-17/h9-12,22H,6-8H2,1-5H3. The molecule has 0 amide bonds. The third-order valence-electron chi connectivity index (χ3n) is 4.77. The number of unbranched alkanes of at least 4 members (excludes halogenated alkanes) is 1. The van der Waals surface area contributed by atoms with Gasteiger partial charge in [0.25, 0.3) is 5.56 Å². The average molecular weight is 403 g/mol. The number of pyridine rings is 1. The minimum absolute atomic E-state index is 0.0516. The number of hydrogen-bond acceptors (Lipinski definition) is 4. The number of aryl methyl sites for hydroxylation is 4. The summed E-state index contributed by atoms with van der Waals surface area (Å²) >= 11 is 0. The Bertz CT molecular complexity index is 1180. The number of hydrogen-bond donors (Lipinski definition) is 1. The third-order valence-corrected chi connectivity index (χ3v) is 5.36. The molecule has 7 nitrogen and oxygen atoms in total. The summed E-state index contributed by atoms with van der Waals surface area (Å²) in [6, 6.07) is 5.66. The van der Waals surface area contributed by atoms with Crippen LogP contribution in [0.3, 0.4) is 0 Å². The molecule has 0 fully saturated rings. The molecular weight excluding hydrogens is 376 g/mol. The predicted octanol–water partition coefficient (Wildman–Crippen LogP) is 2.96. The molecular formula is C20H26N4O3S. The van der Waals surface area contributed by atoms with Crippen LogP contribution in [0.15, 0.2) is 29.2 Å². The number of anilines is 1. The molecule has 0 bridgehead atoms. The molecule has 150 valence electrons. The molecule has 0 radical (unpaired) electrons. The molecule has 2 aromatic heterocycles. The van der Waals surface area contributed by atoms with E-state index in [0.29, 0.717) is 11.3 Å². The highest BCUT2D eigenvalue weighted by Crippen LogP contribution is 2.33. The van der Waals surface area contributed by atoms with E-state index in [1.165, 1.54) is 0 Å². The minimum atomic E-state index is -3.46. The van der Waals surface area contributed by atoms with Crippen LogP contribution in [0, 0.1) is 6.92 Å². The first-order valence-electron chi connectivity index (χ1n) is 9.25. The van der Waals surface area contributed by atoms with Crippen molar-refractivity contribution in [1.82, 2.24) is 14.3 Å². The molecule has 3 aromatic rings. The molecule has 0 saturated heterocycles. The Morgan fingerprint density at radius 3 is 2.46 bits per heavy atom. The monoisotopic (exact) mass is 402 g/mol. The van der Waals surface area contributed by atoms with Crippen LogP contribution >= 0.6 is 0 Å². The second-order valence-electron chi connectivity index (χ2n) is 7.30. The van der Waals surface area contributed by atoms with Gasteiger partial charge in [0.2, 0.25) is 10.0 Å². The van der Waals surface area contributed by atoms with Crippen LogP contribution in [-0.2, 0) is 30.5 Å². The van der Waals surface area contributed by atoms with Gasteiger partial charge in [-0.25, -0.2) is 8.42 Å². The largest absolute Gasteiger partial charge is 0.318 e. The topological polar surface area (TPSA) is 86.0 Å². The lowest BCUT2D eigenvalue weighted by molar-refractivity contribution is 0.607. The van der Waals surface area contributed by atoms with Crippen LogP contribution in [-0.4, -0.2) is 29.0 Å². The van der Waals surface area contributed by atoms with E-state index >= 15 is 0 Å². The first-order chi connectivity index (χ1) is 13.1. The van der Waals surface area contributed by atoms with Crippen molar-refractivity contribution in [2.45, 2.75) is 33.1 Å². The molecule has 0 unspecified atom stereocenters. The van der Waals surface area contributed by atoms with Gasteiger partial charge in [0, 0.05) is 31.2 Å². The van der Waals surface area contributed by atoms with Gasteiger partial charge in [0.05, 0.1) is 23.2 Å². The van der Waals surface area contributed by atoms with Crippen molar-refractivity contribution in [2.75, 3.05) is 11.0 Å². The smallest absolute Gasteiger partial charge is 0.253 e. The van der Waals surface area contributed by atoms with Crippen molar-refractivity contribution in [2.24, 2.45) is 14.1 Å². The normalized spacial score (nSPS) is 11.9. The minimum Gasteiger partial charge on any atom is -0.318 e. The highest BCUT2D eigenvalue weighted by Gasteiger charge is 2.17. The molecule has 1 aromatic carbocycles. The lowest BCUT2D eigenvalue weighted by Crippen LogP contribution is -2.18. The highest BCUT2D eigenvalue weighted by atomic mass is 32.2. The molecule has 0 aliphatic rings. The quantitative estimate of drug-likeness (QED) is 0.687. The van der Waals surface area contributed by atoms with Crippen LogP contribution in [0.5, 0.6) is 0 Å². The van der Waals surface area contributed by atoms with Gasteiger partial charge >= 0.3 is 0 Å². The summed E-state index contributed by atoms with van der Waals surface area (Å²) in [5, 5.41) is 5.55. The zero-order valence-electron chi connectivity index (χ0n) is 16.9. The van der Waals surface area contributed by atoms with Crippen molar-refractivity contribution >= 4 is 26.6 Å². The Morgan fingerprint density at radius 1 is 1.14 bits per heavy atom. The second-order valence-corrected chi connectivity index (χ2v) is 9.04. The lowest BCUT2D eigenvalue weighted by atomic mass is 10.0. The van der Waals surface area contributed by atoms with E-state index in [2.05, 4.69) is 16.7 Å². The van der Waals surface area contributed by atoms with Gasteiger partial charge < -0.3 is 4.57 Å². The maximum atomic E-state index is 12.1. The van der Waals surface area contributed by atoms with Crippen LogP contribution in [0.25, 0.3) is 22.0 Å². The Morgan fingerprint density at radius 2 is 1.86 bits per heavy atom. The molecule has 3 rings (SSSR count). The van der Waals surface area contributed by atoms with E-state index in [4.69, 9.17) is 0 Å². The zero-order chi connectivity index (χ0) is 20.6.